The highest BCUT2D eigenvalue weighted by Gasteiger charge is 2.05. The van der Waals surface area contributed by atoms with Gasteiger partial charge in [0.25, 0.3) is 0 Å². The van der Waals surface area contributed by atoms with E-state index >= 15 is 0 Å². The van der Waals surface area contributed by atoms with Crippen LogP contribution >= 0.6 is 0 Å². The van der Waals surface area contributed by atoms with Crippen molar-refractivity contribution in [3.8, 4) is 0 Å². The summed E-state index contributed by atoms with van der Waals surface area (Å²) in [6, 6.07) is 0. The molecule has 1 atom stereocenters. The average Bonchev–Trinajstić information content (AvgIpc) is 1.79. The zero-order chi connectivity index (χ0) is 6.53. The van der Waals surface area contributed by atoms with Crippen molar-refractivity contribution in [3.63, 3.8) is 0 Å². The van der Waals surface area contributed by atoms with Gasteiger partial charge in [0.2, 0.25) is 0 Å². The van der Waals surface area contributed by atoms with E-state index in [1.54, 1.807) is 0 Å². The molecule has 1 aliphatic rings. The smallest absolute Gasteiger partial charge is 0.0785 e. The number of nitrogens with one attached hydrogen (secondary N) is 1. The molecule has 1 heterocycles. The average molecular weight is 131 g/mol. The maximum atomic E-state index is 9.05. The Morgan fingerprint density at radius 2 is 2.33 bits per heavy atom. The predicted octanol–water partition coefficient (Wildman–Crippen LogP) is -0.643. The van der Waals surface area contributed by atoms with Gasteiger partial charge in [-0.2, -0.15) is 0 Å². The van der Waals surface area contributed by atoms with E-state index in [-0.39, 0.29) is 6.10 Å². The van der Waals surface area contributed by atoms with E-state index in [4.69, 9.17) is 9.84 Å². The van der Waals surface area contributed by atoms with Crippen molar-refractivity contribution in [2.45, 2.75) is 12.5 Å². The summed E-state index contributed by atoms with van der Waals surface area (Å²) in [5, 5.41) is 12.2. The number of hydrogen-bond donors (Lipinski definition) is 2. The van der Waals surface area contributed by atoms with Crippen LogP contribution in [0.15, 0.2) is 0 Å². The van der Waals surface area contributed by atoms with Gasteiger partial charge in [0.1, 0.15) is 0 Å². The maximum Gasteiger partial charge on any atom is 0.0785 e. The molecule has 0 spiro atoms. The highest BCUT2D eigenvalue weighted by atomic mass is 16.5. The van der Waals surface area contributed by atoms with Crippen molar-refractivity contribution in [1.82, 2.24) is 5.32 Å². The molecule has 1 saturated heterocycles. The van der Waals surface area contributed by atoms with Gasteiger partial charge in [-0.3, -0.25) is 0 Å². The lowest BCUT2D eigenvalue weighted by atomic mass is 10.2. The molecule has 0 aromatic heterocycles. The highest BCUT2D eigenvalue weighted by Crippen LogP contribution is 1.93. The Morgan fingerprint density at radius 3 is 3.22 bits per heavy atom. The van der Waals surface area contributed by atoms with E-state index in [1.165, 1.54) is 0 Å². The Hall–Kier alpha value is -0.120. The molecule has 3 heteroatoms. The van der Waals surface area contributed by atoms with Gasteiger partial charge in [0.05, 0.1) is 19.3 Å². The first kappa shape index (κ1) is 6.99. The van der Waals surface area contributed by atoms with Crippen LogP contribution in [0.25, 0.3) is 0 Å². The number of hydrogen-bond acceptors (Lipinski definition) is 3. The third-order valence-electron chi connectivity index (χ3n) is 1.39. The minimum absolute atomic E-state index is 0.266. The molecule has 3 nitrogen and oxygen atoms in total. The minimum atomic E-state index is -0.266. The predicted molar refractivity (Wildman–Crippen MR) is 34.3 cm³/mol. The van der Waals surface area contributed by atoms with Crippen molar-refractivity contribution >= 4 is 0 Å². The third-order valence-corrected chi connectivity index (χ3v) is 1.39. The highest BCUT2D eigenvalue weighted by molar-refractivity contribution is 4.59. The molecule has 1 fully saturated rings. The first-order chi connectivity index (χ1) is 4.39. The Balaban J connectivity index is 2.12. The Kier molecular flexibility index (Phi) is 2.97. The Labute approximate surface area is 55.0 Å². The molecule has 0 radical (unpaired) electrons. The molecule has 1 rings (SSSR count). The summed E-state index contributed by atoms with van der Waals surface area (Å²) in [6.07, 6.45) is 0.540. The summed E-state index contributed by atoms with van der Waals surface area (Å²) >= 11 is 0. The fraction of sp³-hybridized carbons (Fsp3) is 1.00. The molecule has 2 N–H and O–H groups in total. The molecule has 0 aliphatic carbocycles. The van der Waals surface area contributed by atoms with Crippen LogP contribution in [0.1, 0.15) is 6.42 Å². The van der Waals surface area contributed by atoms with E-state index in [1.807, 2.05) is 0 Å². The molecule has 54 valence electrons. The lowest BCUT2D eigenvalue weighted by Gasteiger charge is -2.15. The van der Waals surface area contributed by atoms with Gasteiger partial charge in [-0.25, -0.2) is 0 Å². The number of ether oxygens (including phenoxy) is 1. The van der Waals surface area contributed by atoms with Gasteiger partial charge >= 0.3 is 0 Å². The van der Waals surface area contributed by atoms with Gasteiger partial charge < -0.3 is 15.2 Å². The topological polar surface area (TPSA) is 41.5 Å². The lowest BCUT2D eigenvalue weighted by molar-refractivity contribution is 0.0248. The van der Waals surface area contributed by atoms with Crippen molar-refractivity contribution in [1.29, 1.82) is 0 Å². The number of aliphatic hydroxyl groups is 1. The van der Waals surface area contributed by atoms with Gasteiger partial charge in [-0.05, 0) is 13.0 Å². The van der Waals surface area contributed by atoms with E-state index in [9.17, 15) is 0 Å². The van der Waals surface area contributed by atoms with Crippen LogP contribution in [-0.4, -0.2) is 37.5 Å². The largest absolute Gasteiger partial charge is 0.391 e. The van der Waals surface area contributed by atoms with Crippen LogP contribution in [0.4, 0.5) is 0 Å². The summed E-state index contributed by atoms with van der Waals surface area (Å²) in [5.74, 6) is 0. The van der Waals surface area contributed by atoms with E-state index in [2.05, 4.69) is 5.32 Å². The standard InChI is InChI=1S/C6H13NO2/c8-6-1-2-7-3-4-9-5-6/h6-8H,1-5H2. The Morgan fingerprint density at radius 1 is 1.44 bits per heavy atom. The lowest BCUT2D eigenvalue weighted by Crippen LogP contribution is -2.30. The maximum absolute atomic E-state index is 9.05. The monoisotopic (exact) mass is 131 g/mol. The summed E-state index contributed by atoms with van der Waals surface area (Å²) < 4.78 is 5.07. The quantitative estimate of drug-likeness (QED) is 0.459. The van der Waals surface area contributed by atoms with Crippen LogP contribution in [-0.2, 0) is 4.74 Å². The van der Waals surface area contributed by atoms with Crippen LogP contribution in [0.5, 0.6) is 0 Å². The molecule has 1 aliphatic heterocycles. The summed E-state index contributed by atoms with van der Waals surface area (Å²) in [4.78, 5) is 0. The summed E-state index contributed by atoms with van der Waals surface area (Å²) in [7, 11) is 0. The van der Waals surface area contributed by atoms with Gasteiger partial charge in [-0.1, -0.05) is 0 Å². The van der Waals surface area contributed by atoms with Crippen molar-refractivity contribution < 1.29 is 9.84 Å². The third kappa shape index (κ3) is 2.79. The number of rotatable bonds is 0. The zero-order valence-electron chi connectivity index (χ0n) is 5.47. The molecule has 0 aromatic rings. The van der Waals surface area contributed by atoms with Crippen LogP contribution in [0.3, 0.4) is 0 Å². The fourth-order valence-electron chi connectivity index (χ4n) is 0.841. The van der Waals surface area contributed by atoms with Crippen molar-refractivity contribution in [2.75, 3.05) is 26.3 Å². The SMILES string of the molecule is OC1CCNCCOC1. The molecular weight excluding hydrogens is 118 g/mol. The van der Waals surface area contributed by atoms with E-state index < -0.39 is 0 Å². The van der Waals surface area contributed by atoms with Crippen molar-refractivity contribution in [3.05, 3.63) is 0 Å². The fourth-order valence-corrected chi connectivity index (χ4v) is 0.841. The van der Waals surface area contributed by atoms with Crippen LogP contribution in [0, 0.1) is 0 Å². The zero-order valence-corrected chi connectivity index (χ0v) is 5.47. The Bertz CT molecular complexity index is 69.5. The second kappa shape index (κ2) is 3.82. The minimum Gasteiger partial charge on any atom is -0.391 e. The normalized spacial score (nSPS) is 31.0. The van der Waals surface area contributed by atoms with Crippen LogP contribution < -0.4 is 5.32 Å². The molecule has 0 aromatic carbocycles. The van der Waals surface area contributed by atoms with Gasteiger partial charge in [0.15, 0.2) is 0 Å². The summed E-state index contributed by atoms with van der Waals surface area (Å²) in [5.41, 5.74) is 0. The molecule has 0 saturated carbocycles. The molecule has 0 amide bonds. The van der Waals surface area contributed by atoms with Crippen molar-refractivity contribution in [2.24, 2.45) is 0 Å². The van der Waals surface area contributed by atoms with E-state index in [0.29, 0.717) is 6.61 Å². The second-order valence-corrected chi connectivity index (χ2v) is 2.27. The van der Waals surface area contributed by atoms with E-state index in [0.717, 1.165) is 26.1 Å². The molecular formula is C6H13NO2. The summed E-state index contributed by atoms with van der Waals surface area (Å²) in [6.45, 7) is 3.04. The molecule has 9 heavy (non-hydrogen) atoms. The van der Waals surface area contributed by atoms with Crippen LogP contribution in [0.2, 0.25) is 0 Å². The second-order valence-electron chi connectivity index (χ2n) is 2.27. The van der Waals surface area contributed by atoms with Gasteiger partial charge in [0, 0.05) is 6.54 Å². The number of aliphatic hydroxyl groups excluding tert-OH is 1. The molecule has 0 bridgehead atoms. The first-order valence-electron chi connectivity index (χ1n) is 3.36. The van der Waals surface area contributed by atoms with Gasteiger partial charge in [-0.15, -0.1) is 0 Å². The first-order valence-corrected chi connectivity index (χ1v) is 3.36. The molecule has 1 unspecified atom stereocenters.